The highest BCUT2D eigenvalue weighted by Gasteiger charge is 2.20. The highest BCUT2D eigenvalue weighted by molar-refractivity contribution is 4.80. The van der Waals surface area contributed by atoms with Crippen LogP contribution in [0.5, 0.6) is 0 Å². The summed E-state index contributed by atoms with van der Waals surface area (Å²) in [5, 5.41) is 3.52. The van der Waals surface area contributed by atoms with Gasteiger partial charge in [-0.25, -0.2) is 0 Å². The Hall–Kier alpha value is -0.120. The molecule has 0 unspecified atom stereocenters. The molecule has 16 heavy (non-hydrogen) atoms. The van der Waals surface area contributed by atoms with Crippen LogP contribution in [0.1, 0.15) is 39.5 Å². The Kier molecular flexibility index (Phi) is 5.73. The molecule has 0 saturated heterocycles. The molecule has 0 aliphatic heterocycles. The maximum atomic E-state index is 5.71. The minimum Gasteiger partial charge on any atom is -0.380 e. The Morgan fingerprint density at radius 1 is 1.25 bits per heavy atom. The number of rotatable bonds is 9. The molecule has 0 aromatic heterocycles. The van der Waals surface area contributed by atoms with Crippen LogP contribution in [-0.4, -0.2) is 50.3 Å². The summed E-state index contributed by atoms with van der Waals surface area (Å²) in [6.07, 6.45) is 5.17. The van der Waals surface area contributed by atoms with Gasteiger partial charge in [-0.3, -0.25) is 0 Å². The van der Waals surface area contributed by atoms with Gasteiger partial charge in [0.1, 0.15) is 0 Å². The number of ether oxygens (including phenoxy) is 1. The third kappa shape index (κ3) is 5.83. The van der Waals surface area contributed by atoms with Crippen LogP contribution >= 0.6 is 0 Å². The SMILES string of the molecule is CN(C)C(C)(C)COCCCCNC1CC1. The standard InChI is InChI=1S/C13H28N2O/c1-13(2,15(3)4)11-16-10-6-5-9-14-12-7-8-12/h12,14H,5-11H2,1-4H3. The smallest absolute Gasteiger partial charge is 0.0644 e. The van der Waals surface area contributed by atoms with Gasteiger partial charge < -0.3 is 15.0 Å². The molecule has 0 aromatic rings. The van der Waals surface area contributed by atoms with Crippen LogP contribution in [0.4, 0.5) is 0 Å². The van der Waals surface area contributed by atoms with Crippen molar-refractivity contribution in [1.29, 1.82) is 0 Å². The lowest BCUT2D eigenvalue weighted by Gasteiger charge is -2.32. The molecule has 1 saturated carbocycles. The first-order valence-electron chi connectivity index (χ1n) is 6.51. The van der Waals surface area contributed by atoms with Gasteiger partial charge in [-0.1, -0.05) is 0 Å². The lowest BCUT2D eigenvalue weighted by Crippen LogP contribution is -2.42. The molecule has 96 valence electrons. The summed E-state index contributed by atoms with van der Waals surface area (Å²) in [7, 11) is 4.20. The normalized spacial score (nSPS) is 17.1. The van der Waals surface area contributed by atoms with E-state index < -0.39 is 0 Å². The highest BCUT2D eigenvalue weighted by Crippen LogP contribution is 2.18. The van der Waals surface area contributed by atoms with E-state index in [2.05, 4.69) is 38.2 Å². The molecule has 1 N–H and O–H groups in total. The Bertz CT molecular complexity index is 188. The van der Waals surface area contributed by atoms with Crippen LogP contribution in [0.2, 0.25) is 0 Å². The first kappa shape index (κ1) is 13.9. The van der Waals surface area contributed by atoms with E-state index in [1.807, 2.05) is 0 Å². The number of likely N-dealkylation sites (N-methyl/N-ethyl adjacent to an activating group) is 1. The molecule has 1 rings (SSSR count). The van der Waals surface area contributed by atoms with E-state index in [1.165, 1.54) is 25.7 Å². The fourth-order valence-electron chi connectivity index (χ4n) is 1.37. The number of hydrogen-bond acceptors (Lipinski definition) is 3. The van der Waals surface area contributed by atoms with Gasteiger partial charge in [0, 0.05) is 18.2 Å². The lowest BCUT2D eigenvalue weighted by atomic mass is 10.1. The van der Waals surface area contributed by atoms with Crippen molar-refractivity contribution >= 4 is 0 Å². The van der Waals surface area contributed by atoms with E-state index >= 15 is 0 Å². The van der Waals surface area contributed by atoms with Crippen LogP contribution in [0.15, 0.2) is 0 Å². The summed E-state index contributed by atoms with van der Waals surface area (Å²) < 4.78 is 5.71. The van der Waals surface area contributed by atoms with Crippen LogP contribution in [0.3, 0.4) is 0 Å². The lowest BCUT2D eigenvalue weighted by molar-refractivity contribution is 0.0347. The summed E-state index contributed by atoms with van der Waals surface area (Å²) in [6.45, 7) is 7.29. The van der Waals surface area contributed by atoms with Gasteiger partial charge in [0.05, 0.1) is 6.61 Å². The van der Waals surface area contributed by atoms with Gasteiger partial charge in [-0.2, -0.15) is 0 Å². The van der Waals surface area contributed by atoms with Gasteiger partial charge >= 0.3 is 0 Å². The first-order valence-corrected chi connectivity index (χ1v) is 6.51. The Labute approximate surface area is 101 Å². The molecule has 0 aromatic carbocycles. The fraction of sp³-hybridized carbons (Fsp3) is 1.00. The van der Waals surface area contributed by atoms with E-state index in [1.54, 1.807) is 0 Å². The average molecular weight is 228 g/mol. The van der Waals surface area contributed by atoms with Crippen molar-refractivity contribution < 1.29 is 4.74 Å². The second-order valence-corrected chi connectivity index (χ2v) is 5.69. The van der Waals surface area contributed by atoms with Gasteiger partial charge in [-0.05, 0) is 60.2 Å². The Morgan fingerprint density at radius 3 is 2.50 bits per heavy atom. The summed E-state index contributed by atoms with van der Waals surface area (Å²) in [6, 6.07) is 0.841. The second-order valence-electron chi connectivity index (χ2n) is 5.69. The molecule has 1 aliphatic rings. The largest absolute Gasteiger partial charge is 0.380 e. The van der Waals surface area contributed by atoms with Gasteiger partial charge in [0.25, 0.3) is 0 Å². The van der Waals surface area contributed by atoms with Crippen molar-refractivity contribution in [2.45, 2.75) is 51.1 Å². The van der Waals surface area contributed by atoms with Crippen molar-refractivity contribution in [2.75, 3.05) is 33.9 Å². The fourth-order valence-corrected chi connectivity index (χ4v) is 1.37. The molecule has 3 heteroatoms. The van der Waals surface area contributed by atoms with Crippen molar-refractivity contribution in [1.82, 2.24) is 10.2 Å². The molecule has 1 aliphatic carbocycles. The zero-order valence-electron chi connectivity index (χ0n) is 11.4. The van der Waals surface area contributed by atoms with E-state index in [9.17, 15) is 0 Å². The summed E-state index contributed by atoms with van der Waals surface area (Å²) in [4.78, 5) is 2.21. The van der Waals surface area contributed by atoms with Crippen LogP contribution < -0.4 is 5.32 Å². The molecule has 0 atom stereocenters. The first-order chi connectivity index (χ1) is 7.52. The molecule has 3 nitrogen and oxygen atoms in total. The topological polar surface area (TPSA) is 24.5 Å². The summed E-state index contributed by atoms with van der Waals surface area (Å²) in [5.74, 6) is 0. The van der Waals surface area contributed by atoms with E-state index in [-0.39, 0.29) is 5.54 Å². The van der Waals surface area contributed by atoms with Gasteiger partial charge in [0.15, 0.2) is 0 Å². The molecular weight excluding hydrogens is 200 g/mol. The predicted octanol–water partition coefficient (Wildman–Crippen LogP) is 1.88. The average Bonchev–Trinajstić information content (AvgIpc) is 2.99. The number of hydrogen-bond donors (Lipinski definition) is 1. The molecule has 0 spiro atoms. The van der Waals surface area contributed by atoms with E-state index in [4.69, 9.17) is 4.74 Å². The molecule has 0 heterocycles. The molecule has 0 radical (unpaired) electrons. The van der Waals surface area contributed by atoms with Gasteiger partial charge in [0.2, 0.25) is 0 Å². The van der Waals surface area contributed by atoms with Gasteiger partial charge in [-0.15, -0.1) is 0 Å². The van der Waals surface area contributed by atoms with Crippen LogP contribution in [-0.2, 0) is 4.74 Å². The number of unbranched alkanes of at least 4 members (excludes halogenated alkanes) is 1. The summed E-state index contributed by atoms with van der Waals surface area (Å²) >= 11 is 0. The minimum absolute atomic E-state index is 0.145. The van der Waals surface area contributed by atoms with Crippen LogP contribution in [0, 0.1) is 0 Å². The molecule has 1 fully saturated rings. The maximum Gasteiger partial charge on any atom is 0.0644 e. The predicted molar refractivity (Wildman–Crippen MR) is 68.8 cm³/mol. The van der Waals surface area contributed by atoms with E-state index in [0.717, 1.165) is 25.8 Å². The monoisotopic (exact) mass is 228 g/mol. The Balaban J connectivity index is 1.86. The quantitative estimate of drug-likeness (QED) is 0.610. The van der Waals surface area contributed by atoms with Crippen LogP contribution in [0.25, 0.3) is 0 Å². The van der Waals surface area contributed by atoms with Crippen molar-refractivity contribution in [3.8, 4) is 0 Å². The number of nitrogens with one attached hydrogen (secondary N) is 1. The third-order valence-electron chi connectivity index (χ3n) is 3.39. The van der Waals surface area contributed by atoms with Crippen molar-refractivity contribution in [3.63, 3.8) is 0 Å². The Morgan fingerprint density at radius 2 is 1.94 bits per heavy atom. The number of nitrogens with zero attached hydrogens (tertiary/aromatic N) is 1. The summed E-state index contributed by atoms with van der Waals surface area (Å²) in [5.41, 5.74) is 0.145. The molecule has 0 amide bonds. The maximum absolute atomic E-state index is 5.71. The highest BCUT2D eigenvalue weighted by atomic mass is 16.5. The zero-order valence-corrected chi connectivity index (χ0v) is 11.4. The third-order valence-corrected chi connectivity index (χ3v) is 3.39. The second kappa shape index (κ2) is 6.58. The van der Waals surface area contributed by atoms with E-state index in [0.29, 0.717) is 0 Å². The van der Waals surface area contributed by atoms with Crippen molar-refractivity contribution in [2.24, 2.45) is 0 Å². The molecule has 0 bridgehead atoms. The zero-order chi connectivity index (χ0) is 12.0. The molecular formula is C13H28N2O. The van der Waals surface area contributed by atoms with Crippen molar-refractivity contribution in [3.05, 3.63) is 0 Å². The minimum atomic E-state index is 0.145.